The highest BCUT2D eigenvalue weighted by atomic mass is 79.9. The lowest BCUT2D eigenvalue weighted by molar-refractivity contribution is -0.136. The number of ether oxygens (including phenoxy) is 2. The molecule has 2 aromatic carbocycles. The molecule has 2 saturated heterocycles. The summed E-state index contributed by atoms with van der Waals surface area (Å²) in [7, 11) is 0. The number of hydrogen-bond acceptors (Lipinski definition) is 6. The number of imide groups is 1. The summed E-state index contributed by atoms with van der Waals surface area (Å²) in [6.45, 7) is 3.87. The molecule has 2 aliphatic rings. The summed E-state index contributed by atoms with van der Waals surface area (Å²) in [5.41, 5.74) is 1.73. The number of halogens is 1. The maximum Gasteiger partial charge on any atom is 0.294 e. The van der Waals surface area contributed by atoms with Gasteiger partial charge in [0.25, 0.3) is 11.1 Å². The fourth-order valence-corrected chi connectivity index (χ4v) is 5.01. The van der Waals surface area contributed by atoms with Crippen LogP contribution in [0.2, 0.25) is 0 Å². The van der Waals surface area contributed by atoms with Crippen molar-refractivity contribution < 1.29 is 23.9 Å². The van der Waals surface area contributed by atoms with Crippen molar-refractivity contribution >= 4 is 50.8 Å². The highest BCUT2D eigenvalue weighted by molar-refractivity contribution is 9.10. The van der Waals surface area contributed by atoms with Crippen LogP contribution in [0.15, 0.2) is 51.8 Å². The van der Waals surface area contributed by atoms with Crippen molar-refractivity contribution in [2.24, 2.45) is 0 Å². The second-order valence-electron chi connectivity index (χ2n) is 8.26. The van der Waals surface area contributed by atoms with Crippen molar-refractivity contribution in [3.63, 3.8) is 0 Å². The molecule has 3 amide bonds. The van der Waals surface area contributed by atoms with E-state index < -0.39 is 11.1 Å². The van der Waals surface area contributed by atoms with Crippen LogP contribution in [0.5, 0.6) is 11.5 Å². The molecule has 0 aromatic heterocycles. The first-order valence-electron chi connectivity index (χ1n) is 11.6. The molecule has 2 heterocycles. The zero-order valence-corrected chi connectivity index (χ0v) is 21.9. The SMILES string of the molecule is CCOc1cc(/C=C2\SC(=O)N(CC(=O)N3CCCCC3)C2=O)ccc1OCc1ccc(Br)cc1. The van der Waals surface area contributed by atoms with Crippen LogP contribution < -0.4 is 9.47 Å². The molecule has 0 radical (unpaired) electrons. The van der Waals surface area contributed by atoms with Gasteiger partial charge in [-0.2, -0.15) is 0 Å². The summed E-state index contributed by atoms with van der Waals surface area (Å²) in [5.74, 6) is 0.517. The molecule has 0 N–H and O–H groups in total. The molecule has 0 aliphatic carbocycles. The van der Waals surface area contributed by atoms with Crippen LogP contribution >= 0.6 is 27.7 Å². The van der Waals surface area contributed by atoms with E-state index in [4.69, 9.17) is 9.47 Å². The number of carbonyl (C=O) groups excluding carboxylic acids is 3. The van der Waals surface area contributed by atoms with Gasteiger partial charge >= 0.3 is 0 Å². The largest absolute Gasteiger partial charge is 0.490 e. The molecule has 2 aliphatic heterocycles. The first-order chi connectivity index (χ1) is 16.9. The molecule has 0 atom stereocenters. The lowest BCUT2D eigenvalue weighted by Gasteiger charge is -2.27. The van der Waals surface area contributed by atoms with E-state index >= 15 is 0 Å². The minimum absolute atomic E-state index is 0.181. The van der Waals surface area contributed by atoms with Gasteiger partial charge in [-0.05, 0) is 79.4 Å². The molecule has 0 spiro atoms. The standard InChI is InChI=1S/C26H27BrN2O5S/c1-2-33-22-14-19(8-11-21(22)34-17-18-6-9-20(27)10-7-18)15-23-25(31)29(26(32)35-23)16-24(30)28-12-4-3-5-13-28/h6-11,14-15H,2-5,12-13,16-17H2,1H3/b23-15-. The first kappa shape index (κ1) is 25.3. The number of benzene rings is 2. The third kappa shape index (κ3) is 6.46. The van der Waals surface area contributed by atoms with Crippen LogP contribution in [0.4, 0.5) is 4.79 Å². The number of carbonyl (C=O) groups is 3. The number of piperidine rings is 1. The van der Waals surface area contributed by atoms with E-state index in [1.165, 1.54) is 0 Å². The van der Waals surface area contributed by atoms with Gasteiger partial charge in [0.15, 0.2) is 11.5 Å². The fourth-order valence-electron chi connectivity index (χ4n) is 3.91. The predicted molar refractivity (Wildman–Crippen MR) is 139 cm³/mol. The number of thioether (sulfide) groups is 1. The van der Waals surface area contributed by atoms with Gasteiger partial charge in [0, 0.05) is 17.6 Å². The van der Waals surface area contributed by atoms with Crippen molar-refractivity contribution in [1.82, 2.24) is 9.80 Å². The van der Waals surface area contributed by atoms with E-state index in [9.17, 15) is 14.4 Å². The zero-order valence-electron chi connectivity index (χ0n) is 19.5. The Labute approximate surface area is 217 Å². The average molecular weight is 559 g/mol. The number of nitrogens with zero attached hydrogens (tertiary/aromatic N) is 2. The first-order valence-corrected chi connectivity index (χ1v) is 13.2. The predicted octanol–water partition coefficient (Wildman–Crippen LogP) is 5.48. The average Bonchev–Trinajstić information content (AvgIpc) is 3.12. The molecule has 9 heteroatoms. The molecule has 4 rings (SSSR count). The molecular weight excluding hydrogens is 532 g/mol. The Bertz CT molecular complexity index is 1130. The van der Waals surface area contributed by atoms with Gasteiger partial charge in [0.1, 0.15) is 13.2 Å². The molecule has 35 heavy (non-hydrogen) atoms. The number of hydrogen-bond donors (Lipinski definition) is 0. The highest BCUT2D eigenvalue weighted by Crippen LogP contribution is 2.35. The molecular formula is C26H27BrN2O5S. The van der Waals surface area contributed by atoms with Gasteiger partial charge in [0.05, 0.1) is 11.5 Å². The minimum atomic E-state index is -0.445. The summed E-state index contributed by atoms with van der Waals surface area (Å²) >= 11 is 4.27. The van der Waals surface area contributed by atoms with E-state index in [0.29, 0.717) is 43.4 Å². The normalized spacial score (nSPS) is 17.3. The Morgan fingerprint density at radius 1 is 1.03 bits per heavy atom. The van der Waals surface area contributed by atoms with E-state index in [1.54, 1.807) is 23.1 Å². The van der Waals surface area contributed by atoms with E-state index in [2.05, 4.69) is 15.9 Å². The Balaban J connectivity index is 1.45. The quantitative estimate of drug-likeness (QED) is 0.399. The summed E-state index contributed by atoms with van der Waals surface area (Å²) in [6, 6.07) is 13.3. The maximum atomic E-state index is 12.9. The van der Waals surface area contributed by atoms with Crippen LogP contribution in [0.3, 0.4) is 0 Å². The molecule has 7 nitrogen and oxygen atoms in total. The monoisotopic (exact) mass is 558 g/mol. The molecule has 2 aromatic rings. The summed E-state index contributed by atoms with van der Waals surface area (Å²) in [6.07, 6.45) is 4.67. The van der Waals surface area contributed by atoms with E-state index in [-0.39, 0.29) is 17.4 Å². The highest BCUT2D eigenvalue weighted by Gasteiger charge is 2.37. The maximum absolute atomic E-state index is 12.9. The van der Waals surface area contributed by atoms with Gasteiger partial charge in [-0.1, -0.05) is 34.1 Å². The molecule has 0 saturated carbocycles. The van der Waals surface area contributed by atoms with Gasteiger partial charge < -0.3 is 14.4 Å². The van der Waals surface area contributed by atoms with Gasteiger partial charge in [-0.25, -0.2) is 0 Å². The fraction of sp³-hybridized carbons (Fsp3) is 0.346. The summed E-state index contributed by atoms with van der Waals surface area (Å²) in [5, 5.41) is -0.425. The lowest BCUT2D eigenvalue weighted by atomic mass is 10.1. The van der Waals surface area contributed by atoms with Crippen LogP contribution in [-0.2, 0) is 16.2 Å². The van der Waals surface area contributed by atoms with E-state index in [1.807, 2.05) is 37.3 Å². The summed E-state index contributed by atoms with van der Waals surface area (Å²) < 4.78 is 12.7. The minimum Gasteiger partial charge on any atom is -0.490 e. The Hall–Kier alpha value is -2.78. The van der Waals surface area contributed by atoms with Crippen molar-refractivity contribution in [3.05, 3.63) is 63.0 Å². The lowest BCUT2D eigenvalue weighted by Crippen LogP contribution is -2.44. The molecule has 2 fully saturated rings. The van der Waals surface area contributed by atoms with Crippen LogP contribution in [-0.4, -0.2) is 53.1 Å². The Morgan fingerprint density at radius 3 is 2.49 bits per heavy atom. The number of likely N-dealkylation sites (tertiary alicyclic amines) is 1. The van der Waals surface area contributed by atoms with Gasteiger partial charge in [-0.3, -0.25) is 19.3 Å². The number of rotatable bonds is 8. The third-order valence-corrected chi connectivity index (χ3v) is 7.18. The van der Waals surface area contributed by atoms with Crippen molar-refractivity contribution in [1.29, 1.82) is 0 Å². The second-order valence-corrected chi connectivity index (χ2v) is 10.2. The van der Waals surface area contributed by atoms with Gasteiger partial charge in [-0.15, -0.1) is 0 Å². The smallest absolute Gasteiger partial charge is 0.294 e. The van der Waals surface area contributed by atoms with Crippen molar-refractivity contribution in [2.75, 3.05) is 26.2 Å². The van der Waals surface area contributed by atoms with Crippen molar-refractivity contribution in [3.8, 4) is 11.5 Å². The second kappa shape index (κ2) is 11.8. The molecule has 0 bridgehead atoms. The number of amides is 3. The summed E-state index contributed by atoms with van der Waals surface area (Å²) in [4.78, 5) is 41.0. The molecule has 184 valence electrons. The Kier molecular flexibility index (Phi) is 8.51. The van der Waals surface area contributed by atoms with Crippen LogP contribution in [0.1, 0.15) is 37.3 Å². The molecule has 0 unspecified atom stereocenters. The van der Waals surface area contributed by atoms with Crippen LogP contribution in [0.25, 0.3) is 6.08 Å². The van der Waals surface area contributed by atoms with E-state index in [0.717, 1.165) is 46.0 Å². The topological polar surface area (TPSA) is 76.2 Å². The Morgan fingerprint density at radius 2 is 1.77 bits per heavy atom. The van der Waals surface area contributed by atoms with Crippen molar-refractivity contribution in [2.45, 2.75) is 32.8 Å². The third-order valence-electron chi connectivity index (χ3n) is 5.75. The van der Waals surface area contributed by atoms with Gasteiger partial charge in [0.2, 0.25) is 5.91 Å². The zero-order chi connectivity index (χ0) is 24.8. The van der Waals surface area contributed by atoms with Crippen LogP contribution in [0, 0.1) is 0 Å².